The summed E-state index contributed by atoms with van der Waals surface area (Å²) in [5.74, 6) is 0.609. The fourth-order valence-electron chi connectivity index (χ4n) is 5.69. The van der Waals surface area contributed by atoms with Gasteiger partial charge in [0, 0.05) is 16.6 Å². The van der Waals surface area contributed by atoms with E-state index in [-0.39, 0.29) is 25.1 Å². The Balaban J connectivity index is 1.55. The lowest BCUT2D eigenvalue weighted by Crippen LogP contribution is -2.43. The summed E-state index contributed by atoms with van der Waals surface area (Å²) in [6.07, 6.45) is 7.39. The SMILES string of the molecule is CCOC(=O)c1cc2cc(NC(=O)C3C(C4CCCCC4)CCN3C)ccc2n1CCF. The standard InChI is InChI=1S/C25H34FN3O3/c1-3-32-25(31)22-16-18-15-19(9-10-21(18)29(22)14-12-26)27-24(30)23-20(11-13-28(23)2)17-7-5-4-6-8-17/h9-10,15-17,20,23H,3-8,11-14H2,1-2H3,(H,27,30). The highest BCUT2D eigenvalue weighted by atomic mass is 19.1. The zero-order chi connectivity index (χ0) is 22.7. The van der Waals surface area contributed by atoms with E-state index in [1.54, 1.807) is 17.6 Å². The first kappa shape index (κ1) is 22.8. The minimum Gasteiger partial charge on any atom is -0.461 e. The van der Waals surface area contributed by atoms with E-state index < -0.39 is 12.6 Å². The Bertz CT molecular complexity index is 967. The van der Waals surface area contributed by atoms with Gasteiger partial charge in [-0.2, -0.15) is 0 Å². The van der Waals surface area contributed by atoms with Gasteiger partial charge in [0.15, 0.2) is 0 Å². The van der Waals surface area contributed by atoms with Gasteiger partial charge in [0.05, 0.1) is 19.2 Å². The van der Waals surface area contributed by atoms with E-state index >= 15 is 0 Å². The third-order valence-corrected chi connectivity index (χ3v) is 7.18. The van der Waals surface area contributed by atoms with Gasteiger partial charge in [-0.05, 0) is 63.0 Å². The van der Waals surface area contributed by atoms with Gasteiger partial charge in [-0.3, -0.25) is 9.69 Å². The van der Waals surface area contributed by atoms with Gasteiger partial charge in [0.1, 0.15) is 12.4 Å². The fraction of sp³-hybridized carbons (Fsp3) is 0.600. The molecule has 2 atom stereocenters. The molecule has 4 rings (SSSR count). The molecular weight excluding hydrogens is 409 g/mol. The molecule has 1 saturated heterocycles. The third kappa shape index (κ3) is 4.53. The molecule has 2 fully saturated rings. The smallest absolute Gasteiger partial charge is 0.354 e. The number of amides is 1. The number of ether oxygens (including phenoxy) is 1. The highest BCUT2D eigenvalue weighted by molar-refractivity contribution is 6.00. The van der Waals surface area contributed by atoms with Crippen LogP contribution in [-0.4, -0.2) is 54.3 Å². The summed E-state index contributed by atoms with van der Waals surface area (Å²) >= 11 is 0. The molecule has 6 nitrogen and oxygen atoms in total. The van der Waals surface area contributed by atoms with Crippen LogP contribution in [0.15, 0.2) is 24.3 Å². The number of carbonyl (C=O) groups excluding carboxylic acids is 2. The van der Waals surface area contributed by atoms with Crippen LogP contribution in [0.3, 0.4) is 0 Å². The van der Waals surface area contributed by atoms with Gasteiger partial charge in [0.25, 0.3) is 0 Å². The molecule has 2 unspecified atom stereocenters. The van der Waals surface area contributed by atoms with Gasteiger partial charge in [0.2, 0.25) is 5.91 Å². The molecule has 1 aliphatic carbocycles. The molecule has 1 saturated carbocycles. The summed E-state index contributed by atoms with van der Waals surface area (Å²) in [6.45, 7) is 2.46. The van der Waals surface area contributed by atoms with Crippen LogP contribution in [0.4, 0.5) is 10.1 Å². The number of carbonyl (C=O) groups is 2. The molecule has 2 heterocycles. The second kappa shape index (κ2) is 10.0. The van der Waals surface area contributed by atoms with Crippen molar-refractivity contribution in [1.29, 1.82) is 0 Å². The zero-order valence-corrected chi connectivity index (χ0v) is 19.1. The average Bonchev–Trinajstić information content (AvgIpc) is 3.35. The van der Waals surface area contributed by atoms with E-state index in [4.69, 9.17) is 4.74 Å². The van der Waals surface area contributed by atoms with Crippen LogP contribution in [0.25, 0.3) is 10.9 Å². The molecule has 174 valence electrons. The van der Waals surface area contributed by atoms with Crippen molar-refractivity contribution in [2.75, 3.05) is 32.2 Å². The summed E-state index contributed by atoms with van der Waals surface area (Å²) in [6, 6.07) is 7.12. The van der Waals surface area contributed by atoms with E-state index in [0.717, 1.165) is 23.9 Å². The van der Waals surface area contributed by atoms with Crippen LogP contribution in [-0.2, 0) is 16.1 Å². The molecule has 32 heavy (non-hydrogen) atoms. The molecule has 7 heteroatoms. The van der Waals surface area contributed by atoms with Crippen molar-refractivity contribution in [1.82, 2.24) is 9.47 Å². The molecule has 1 N–H and O–H groups in total. The number of aryl methyl sites for hydroxylation is 1. The molecule has 1 aromatic carbocycles. The summed E-state index contributed by atoms with van der Waals surface area (Å²) in [7, 11) is 2.04. The number of rotatable bonds is 7. The molecule has 2 aromatic rings. The first-order chi connectivity index (χ1) is 15.5. The molecule has 0 radical (unpaired) electrons. The van der Waals surface area contributed by atoms with E-state index in [1.165, 1.54) is 32.1 Å². The lowest BCUT2D eigenvalue weighted by atomic mass is 9.76. The number of esters is 1. The van der Waals surface area contributed by atoms with E-state index in [2.05, 4.69) is 10.2 Å². The maximum absolute atomic E-state index is 13.3. The minimum atomic E-state index is -0.578. The van der Waals surface area contributed by atoms with Gasteiger partial charge in [-0.15, -0.1) is 0 Å². The molecular formula is C25H34FN3O3. The van der Waals surface area contributed by atoms with Crippen LogP contribution in [0.5, 0.6) is 0 Å². The average molecular weight is 444 g/mol. The number of anilines is 1. The molecule has 1 aliphatic heterocycles. The maximum atomic E-state index is 13.3. The van der Waals surface area contributed by atoms with Crippen molar-refractivity contribution >= 4 is 28.5 Å². The number of nitrogens with one attached hydrogen (secondary N) is 1. The summed E-state index contributed by atoms with van der Waals surface area (Å²) < 4.78 is 19.9. The predicted octanol–water partition coefficient (Wildman–Crippen LogP) is 4.63. The topological polar surface area (TPSA) is 63.6 Å². The summed E-state index contributed by atoms with van der Waals surface area (Å²) in [5, 5.41) is 3.89. The highest BCUT2D eigenvalue weighted by Gasteiger charge is 2.41. The lowest BCUT2D eigenvalue weighted by molar-refractivity contribution is -0.121. The molecule has 1 amide bonds. The molecule has 2 aliphatic rings. The Morgan fingerprint density at radius 3 is 2.66 bits per heavy atom. The largest absolute Gasteiger partial charge is 0.461 e. The van der Waals surface area contributed by atoms with Crippen molar-refractivity contribution in [3.05, 3.63) is 30.0 Å². The normalized spacial score (nSPS) is 22.3. The number of nitrogens with zero attached hydrogens (tertiary/aromatic N) is 2. The van der Waals surface area contributed by atoms with Crippen molar-refractivity contribution in [3.63, 3.8) is 0 Å². The van der Waals surface area contributed by atoms with Crippen LogP contribution < -0.4 is 5.32 Å². The lowest BCUT2D eigenvalue weighted by Gasteiger charge is -2.32. The number of hydrogen-bond donors (Lipinski definition) is 1. The first-order valence-electron chi connectivity index (χ1n) is 11.9. The second-order valence-electron chi connectivity index (χ2n) is 9.13. The Morgan fingerprint density at radius 1 is 1.16 bits per heavy atom. The number of fused-ring (bicyclic) bond motifs is 1. The van der Waals surface area contributed by atoms with Gasteiger partial charge in [-0.25, -0.2) is 9.18 Å². The maximum Gasteiger partial charge on any atom is 0.354 e. The Hall–Kier alpha value is -2.41. The van der Waals surface area contributed by atoms with Crippen LogP contribution >= 0.6 is 0 Å². The monoisotopic (exact) mass is 443 g/mol. The van der Waals surface area contributed by atoms with Crippen molar-refractivity contribution in [3.8, 4) is 0 Å². The number of halogens is 1. The summed E-state index contributed by atoms with van der Waals surface area (Å²) in [5.41, 5.74) is 1.77. The number of likely N-dealkylation sites (tertiary alicyclic amines) is 1. The van der Waals surface area contributed by atoms with E-state index in [1.807, 2.05) is 25.2 Å². The number of benzene rings is 1. The first-order valence-corrected chi connectivity index (χ1v) is 11.9. The van der Waals surface area contributed by atoms with Gasteiger partial charge < -0.3 is 14.6 Å². The van der Waals surface area contributed by atoms with Crippen LogP contribution in [0, 0.1) is 11.8 Å². The van der Waals surface area contributed by atoms with E-state index in [9.17, 15) is 14.0 Å². The fourth-order valence-corrected chi connectivity index (χ4v) is 5.69. The Kier molecular flexibility index (Phi) is 7.13. The number of likely N-dealkylation sites (N-methyl/N-ethyl adjacent to an activating group) is 1. The van der Waals surface area contributed by atoms with E-state index in [0.29, 0.717) is 23.2 Å². The second-order valence-corrected chi connectivity index (χ2v) is 9.13. The van der Waals surface area contributed by atoms with Crippen LogP contribution in [0.1, 0.15) is 55.9 Å². The molecule has 0 spiro atoms. The highest BCUT2D eigenvalue weighted by Crippen LogP contribution is 2.38. The quantitative estimate of drug-likeness (QED) is 0.634. The van der Waals surface area contributed by atoms with Gasteiger partial charge >= 0.3 is 5.97 Å². The van der Waals surface area contributed by atoms with Crippen LogP contribution in [0.2, 0.25) is 0 Å². The third-order valence-electron chi connectivity index (χ3n) is 7.18. The van der Waals surface area contributed by atoms with Gasteiger partial charge in [-0.1, -0.05) is 32.1 Å². The number of hydrogen-bond acceptors (Lipinski definition) is 4. The number of aromatic nitrogens is 1. The van der Waals surface area contributed by atoms with Crippen molar-refractivity contribution in [2.24, 2.45) is 11.8 Å². The summed E-state index contributed by atoms with van der Waals surface area (Å²) in [4.78, 5) is 27.8. The molecule has 1 aromatic heterocycles. The zero-order valence-electron chi connectivity index (χ0n) is 19.1. The van der Waals surface area contributed by atoms with Crippen molar-refractivity contribution in [2.45, 2.75) is 58.0 Å². The van der Waals surface area contributed by atoms with Crippen molar-refractivity contribution < 1.29 is 18.7 Å². The molecule has 0 bridgehead atoms. The minimum absolute atomic E-state index is 0.0359. The predicted molar refractivity (Wildman–Crippen MR) is 124 cm³/mol. The Labute approximate surface area is 189 Å². The number of alkyl halides is 1. The Morgan fingerprint density at radius 2 is 1.94 bits per heavy atom.